The van der Waals surface area contributed by atoms with Gasteiger partial charge in [-0.1, -0.05) is 13.8 Å². The van der Waals surface area contributed by atoms with Crippen molar-refractivity contribution >= 4 is 0 Å². The van der Waals surface area contributed by atoms with Crippen molar-refractivity contribution in [2.75, 3.05) is 6.61 Å². The van der Waals surface area contributed by atoms with Crippen LogP contribution in [0.1, 0.15) is 27.2 Å². The second-order valence-corrected chi connectivity index (χ2v) is 2.52. The number of nitrogens with two attached hydrogens (primary N) is 1. The second kappa shape index (κ2) is 5.52. The molecule has 1 saturated heterocycles. The highest BCUT2D eigenvalue weighted by Gasteiger charge is 2.26. The minimum absolute atomic E-state index is 0.0891. The normalized spacial score (nSPS) is 37.4. The summed E-state index contributed by atoms with van der Waals surface area (Å²) in [5.41, 5.74) is 5.54. The summed E-state index contributed by atoms with van der Waals surface area (Å²) < 4.78 is 5.13. The Labute approximate surface area is 68.5 Å². The van der Waals surface area contributed by atoms with Crippen LogP contribution in [0.3, 0.4) is 0 Å². The van der Waals surface area contributed by atoms with Crippen LogP contribution in [0, 0.1) is 0 Å². The Kier molecular flexibility index (Phi) is 5.46. The maximum atomic E-state index is 9.20. The van der Waals surface area contributed by atoms with E-state index in [9.17, 15) is 5.11 Å². The van der Waals surface area contributed by atoms with Crippen molar-refractivity contribution < 1.29 is 9.84 Å². The Morgan fingerprint density at radius 1 is 1.45 bits per heavy atom. The molecule has 1 aliphatic heterocycles. The molecule has 3 atom stereocenters. The largest absolute Gasteiger partial charge is 0.389 e. The Bertz CT molecular complexity index is 88.1. The van der Waals surface area contributed by atoms with Gasteiger partial charge in [-0.25, -0.2) is 0 Å². The highest BCUT2D eigenvalue weighted by molar-refractivity contribution is 4.80. The van der Waals surface area contributed by atoms with Crippen LogP contribution >= 0.6 is 0 Å². The highest BCUT2D eigenvalue weighted by atomic mass is 16.5. The molecule has 1 heterocycles. The summed E-state index contributed by atoms with van der Waals surface area (Å²) in [6, 6.07) is -0.0891. The van der Waals surface area contributed by atoms with Crippen LogP contribution < -0.4 is 5.73 Å². The van der Waals surface area contributed by atoms with Gasteiger partial charge in [-0.2, -0.15) is 0 Å². The van der Waals surface area contributed by atoms with Crippen LogP contribution in [0.4, 0.5) is 0 Å². The third-order valence-corrected chi connectivity index (χ3v) is 1.75. The van der Waals surface area contributed by atoms with Crippen LogP contribution in [-0.4, -0.2) is 30.0 Å². The first-order valence-corrected chi connectivity index (χ1v) is 4.27. The Balaban J connectivity index is 0.000000461. The van der Waals surface area contributed by atoms with Crippen LogP contribution in [0.15, 0.2) is 0 Å². The lowest BCUT2D eigenvalue weighted by atomic mass is 10.0. The number of aliphatic hydroxyl groups is 1. The second-order valence-electron chi connectivity index (χ2n) is 2.52. The summed E-state index contributed by atoms with van der Waals surface area (Å²) in [7, 11) is 0. The maximum absolute atomic E-state index is 9.20. The SMILES string of the molecule is CC.CC1OCCC(N)C1O. The molecule has 0 amide bonds. The molecule has 1 fully saturated rings. The van der Waals surface area contributed by atoms with Gasteiger partial charge in [-0.15, -0.1) is 0 Å². The maximum Gasteiger partial charge on any atom is 0.0950 e. The topological polar surface area (TPSA) is 55.5 Å². The summed E-state index contributed by atoms with van der Waals surface area (Å²) in [5, 5.41) is 9.20. The highest BCUT2D eigenvalue weighted by Crippen LogP contribution is 2.11. The summed E-state index contributed by atoms with van der Waals surface area (Å²) in [5.74, 6) is 0. The molecule has 3 nitrogen and oxygen atoms in total. The third kappa shape index (κ3) is 3.18. The molecule has 11 heavy (non-hydrogen) atoms. The molecule has 68 valence electrons. The molecule has 0 saturated carbocycles. The van der Waals surface area contributed by atoms with Gasteiger partial charge in [0.2, 0.25) is 0 Å². The van der Waals surface area contributed by atoms with Crippen molar-refractivity contribution in [3.63, 3.8) is 0 Å². The van der Waals surface area contributed by atoms with E-state index in [1.165, 1.54) is 0 Å². The molecular formula is C8H19NO2. The van der Waals surface area contributed by atoms with Crippen LogP contribution in [0.5, 0.6) is 0 Å². The third-order valence-electron chi connectivity index (χ3n) is 1.75. The number of aliphatic hydroxyl groups excluding tert-OH is 1. The van der Waals surface area contributed by atoms with Crippen molar-refractivity contribution in [1.82, 2.24) is 0 Å². The smallest absolute Gasteiger partial charge is 0.0950 e. The van der Waals surface area contributed by atoms with E-state index >= 15 is 0 Å². The van der Waals surface area contributed by atoms with E-state index < -0.39 is 6.10 Å². The van der Waals surface area contributed by atoms with Gasteiger partial charge in [0.15, 0.2) is 0 Å². The lowest BCUT2D eigenvalue weighted by Crippen LogP contribution is -2.47. The summed E-state index contributed by atoms with van der Waals surface area (Å²) in [6.07, 6.45) is 0.207. The van der Waals surface area contributed by atoms with Gasteiger partial charge in [0.25, 0.3) is 0 Å². The van der Waals surface area contributed by atoms with E-state index in [0.717, 1.165) is 6.42 Å². The van der Waals surface area contributed by atoms with Gasteiger partial charge < -0.3 is 15.6 Å². The van der Waals surface area contributed by atoms with E-state index in [1.807, 2.05) is 20.8 Å². The van der Waals surface area contributed by atoms with Gasteiger partial charge >= 0.3 is 0 Å². The molecule has 0 spiro atoms. The van der Waals surface area contributed by atoms with Crippen molar-refractivity contribution in [3.8, 4) is 0 Å². The zero-order chi connectivity index (χ0) is 8.85. The van der Waals surface area contributed by atoms with E-state index in [0.29, 0.717) is 6.61 Å². The molecule has 0 aliphatic carbocycles. The zero-order valence-corrected chi connectivity index (χ0v) is 7.58. The lowest BCUT2D eigenvalue weighted by molar-refractivity contribution is -0.0739. The minimum atomic E-state index is -0.473. The first kappa shape index (κ1) is 10.9. The Morgan fingerprint density at radius 2 is 2.00 bits per heavy atom. The molecule has 3 heteroatoms. The predicted octanol–water partition coefficient (Wildman–Crippen LogP) is 0.510. The predicted molar refractivity (Wildman–Crippen MR) is 45.4 cm³/mol. The van der Waals surface area contributed by atoms with E-state index in [1.54, 1.807) is 0 Å². The van der Waals surface area contributed by atoms with Gasteiger partial charge in [0.1, 0.15) is 0 Å². The van der Waals surface area contributed by atoms with E-state index in [-0.39, 0.29) is 12.1 Å². The fourth-order valence-electron chi connectivity index (χ4n) is 1.01. The number of rotatable bonds is 0. The minimum Gasteiger partial charge on any atom is -0.389 e. The Hall–Kier alpha value is -0.120. The van der Waals surface area contributed by atoms with E-state index in [4.69, 9.17) is 10.5 Å². The molecule has 3 N–H and O–H groups in total. The summed E-state index contributed by atoms with van der Waals surface area (Å²) in [6.45, 7) is 6.52. The molecular weight excluding hydrogens is 142 g/mol. The first-order valence-electron chi connectivity index (χ1n) is 4.27. The number of hydrogen-bond acceptors (Lipinski definition) is 3. The van der Waals surface area contributed by atoms with Crippen LogP contribution in [0.2, 0.25) is 0 Å². The van der Waals surface area contributed by atoms with Gasteiger partial charge in [-0.3, -0.25) is 0 Å². The van der Waals surface area contributed by atoms with Crippen molar-refractivity contribution in [3.05, 3.63) is 0 Å². The summed E-state index contributed by atoms with van der Waals surface area (Å²) in [4.78, 5) is 0. The molecule has 3 unspecified atom stereocenters. The van der Waals surface area contributed by atoms with Gasteiger partial charge in [-0.05, 0) is 13.3 Å². The molecule has 1 rings (SSSR count). The average Bonchev–Trinajstić information content (AvgIpc) is 2.04. The first-order chi connectivity index (χ1) is 5.22. The molecule has 0 aromatic rings. The fraction of sp³-hybridized carbons (Fsp3) is 1.00. The molecule has 0 radical (unpaired) electrons. The zero-order valence-electron chi connectivity index (χ0n) is 7.58. The van der Waals surface area contributed by atoms with Crippen LogP contribution in [0.25, 0.3) is 0 Å². The Morgan fingerprint density at radius 3 is 2.36 bits per heavy atom. The van der Waals surface area contributed by atoms with E-state index in [2.05, 4.69) is 0 Å². The number of hydrogen-bond donors (Lipinski definition) is 2. The lowest BCUT2D eigenvalue weighted by Gasteiger charge is -2.30. The quantitative estimate of drug-likeness (QED) is 0.544. The average molecular weight is 161 g/mol. The van der Waals surface area contributed by atoms with Crippen molar-refractivity contribution in [1.29, 1.82) is 0 Å². The standard InChI is InChI=1S/C6H13NO2.C2H6/c1-4-6(8)5(7)2-3-9-4;1-2/h4-6,8H,2-3,7H2,1H3;1-2H3. The molecule has 0 aromatic heterocycles. The monoisotopic (exact) mass is 161 g/mol. The number of ether oxygens (including phenoxy) is 1. The molecule has 1 aliphatic rings. The van der Waals surface area contributed by atoms with Gasteiger partial charge in [0, 0.05) is 12.6 Å². The van der Waals surface area contributed by atoms with Crippen molar-refractivity contribution in [2.24, 2.45) is 5.73 Å². The molecule has 0 aromatic carbocycles. The fourth-order valence-corrected chi connectivity index (χ4v) is 1.01. The van der Waals surface area contributed by atoms with Gasteiger partial charge in [0.05, 0.1) is 12.2 Å². The molecule has 0 bridgehead atoms. The summed E-state index contributed by atoms with van der Waals surface area (Å²) >= 11 is 0. The van der Waals surface area contributed by atoms with Crippen molar-refractivity contribution in [2.45, 2.75) is 45.4 Å². The van der Waals surface area contributed by atoms with Crippen LogP contribution in [-0.2, 0) is 4.74 Å².